The number of carbonyl (C=O) groups excluding carboxylic acids is 17. The van der Waals surface area contributed by atoms with Gasteiger partial charge in [0.1, 0.15) is 72.5 Å². The molecule has 0 saturated carbocycles. The van der Waals surface area contributed by atoms with E-state index in [1.807, 2.05) is 0 Å². The SMILES string of the molecule is CC[C@H](C)[C@H](NC(=O)[C@H](CC(C)C)NC(=O)[C@@H]1CCCN1C(=O)[C@H](CCC(=O)O)NC(=O)[C@H](CO)NC(=O)[C@H](CCCCN)NC(=O)[C@H](CCC(N)=O)NC(=O)[C@H](CC(N)=O)NC(=O)[C@H](CC(N)=O)NC(=O)[C@@H](N)CCCCN)C(=O)NCC(=O)N[C@@H](CCCNC(=N)N)C(=O)N[C@@H](CCCCN)C(=O)N[C@@H](CCCCN)C(=O)N[C@H](C(=O)O)[C@@H](C)O. The number of unbranched alkanes of at least 4 members (excludes halogenated alkanes) is 4. The first-order valence-corrected chi connectivity index (χ1v) is 40.9. The number of carbonyl (C=O) groups is 19. The van der Waals surface area contributed by atoms with Crippen LogP contribution in [-0.4, -0.2) is 287 Å². The molecule has 0 spiro atoms. The molecule has 0 aliphatic carbocycles. The van der Waals surface area contributed by atoms with Gasteiger partial charge >= 0.3 is 11.9 Å². The number of amides is 17. The normalized spacial score (nSPS) is 16.1. The molecule has 692 valence electrons. The molecule has 0 aromatic heterocycles. The molecular weight excluding hydrogens is 1610 g/mol. The van der Waals surface area contributed by atoms with Gasteiger partial charge in [-0.25, -0.2) is 4.79 Å². The topological polar surface area (TPSA) is 835 Å². The highest BCUT2D eigenvalue weighted by Crippen LogP contribution is 2.22. The second-order valence-corrected chi connectivity index (χ2v) is 30.3. The number of nitrogens with two attached hydrogens (primary N) is 9. The van der Waals surface area contributed by atoms with Crippen molar-refractivity contribution < 1.29 is 112 Å². The van der Waals surface area contributed by atoms with Crippen LogP contribution < -0.4 is 126 Å². The van der Waals surface area contributed by atoms with Crippen molar-refractivity contribution in [3.05, 3.63) is 0 Å². The summed E-state index contributed by atoms with van der Waals surface area (Å²) in [4.78, 5) is 258. The Morgan fingerprint density at radius 1 is 0.434 bits per heavy atom. The number of carboxylic acids is 2. The van der Waals surface area contributed by atoms with Crippen molar-refractivity contribution in [2.45, 2.75) is 279 Å². The van der Waals surface area contributed by atoms with Crippen LogP contribution in [0.3, 0.4) is 0 Å². The Morgan fingerprint density at radius 3 is 1.25 bits per heavy atom. The summed E-state index contributed by atoms with van der Waals surface area (Å²) >= 11 is 0. The number of hydrogen-bond donors (Lipinski definition) is 28. The average Bonchev–Trinajstić information content (AvgIpc) is 1.65. The Kier molecular flexibility index (Phi) is 52.5. The number of aliphatic hydroxyl groups excluding tert-OH is 2. The van der Waals surface area contributed by atoms with Gasteiger partial charge in [-0.15, -0.1) is 0 Å². The van der Waals surface area contributed by atoms with Gasteiger partial charge in [0.2, 0.25) is 100 Å². The Bertz CT molecular complexity index is 3510. The molecular formula is C74H133N25O23. The van der Waals surface area contributed by atoms with Crippen molar-refractivity contribution in [3.8, 4) is 0 Å². The minimum atomic E-state index is -1.98. The van der Waals surface area contributed by atoms with Crippen molar-refractivity contribution in [2.24, 2.45) is 63.4 Å². The molecule has 1 saturated heterocycles. The van der Waals surface area contributed by atoms with E-state index in [0.29, 0.717) is 38.6 Å². The standard InChI is InChI=1S/C74H133N25O23/c1-6-39(4)58(71(119)86-36-56(105)87-42(21-15-31-85-74(83)84)61(109)88-43(18-8-12-28-76)62(110)90-45(20-10-14-30-78)65(113)98-59(40(5)101)73(121)122)97-68(116)48(33-38(2)3)95-70(118)52-22-16-32-99(52)72(120)47(24-26-57(106)107)92-69(117)51(37-100)96-63(111)44(19-9-13-29-77)89-64(112)46(23-25-53(80)102)91-66(114)50(35-55(82)104)94-67(115)49(34-54(81)103)93-60(108)41(79)17-7-11-27-75/h38-52,58-59,100-101H,6-37,75-79H2,1-5H3,(H2,80,102)(H2,81,103)(H2,82,104)(H,86,119)(H,87,105)(H,88,109)(H,89,112)(H,90,110)(H,91,114)(H,92,117)(H,93,108)(H,94,115)(H,95,118)(H,96,111)(H,97,116)(H,98,113)(H,106,107)(H,121,122)(H4,83,84,85)/t39-,40+,41-,42-,43-,44-,45-,46-,47-,48-,49-,50-,51-,52-,58-,59-/m0/s1. The van der Waals surface area contributed by atoms with Crippen LogP contribution in [0.15, 0.2) is 0 Å². The fourth-order valence-electron chi connectivity index (χ4n) is 12.6. The Labute approximate surface area is 707 Å². The highest BCUT2D eigenvalue weighted by atomic mass is 16.4. The number of nitrogens with zero attached hydrogens (tertiary/aromatic N) is 1. The number of likely N-dealkylation sites (tertiary alicyclic amines) is 1. The van der Waals surface area contributed by atoms with Gasteiger partial charge in [0.25, 0.3) is 0 Å². The lowest BCUT2D eigenvalue weighted by Crippen LogP contribution is -2.61. The molecule has 0 aromatic carbocycles. The predicted molar refractivity (Wildman–Crippen MR) is 438 cm³/mol. The van der Waals surface area contributed by atoms with E-state index in [1.165, 1.54) is 0 Å². The third-order valence-electron chi connectivity index (χ3n) is 19.6. The lowest BCUT2D eigenvalue weighted by Gasteiger charge is -2.31. The van der Waals surface area contributed by atoms with Gasteiger partial charge in [-0.05, 0) is 161 Å². The van der Waals surface area contributed by atoms with Gasteiger partial charge in [-0.2, -0.15) is 0 Å². The highest BCUT2D eigenvalue weighted by Gasteiger charge is 2.42. The first-order chi connectivity index (χ1) is 57.5. The minimum Gasteiger partial charge on any atom is -0.481 e. The fourth-order valence-corrected chi connectivity index (χ4v) is 12.6. The zero-order valence-corrected chi connectivity index (χ0v) is 70.1. The van der Waals surface area contributed by atoms with Gasteiger partial charge in [0, 0.05) is 25.9 Å². The van der Waals surface area contributed by atoms with Crippen LogP contribution in [0.4, 0.5) is 0 Å². The van der Waals surface area contributed by atoms with Gasteiger partial charge in [-0.1, -0.05) is 40.5 Å². The summed E-state index contributed by atoms with van der Waals surface area (Å²) in [5.41, 5.74) is 50.2. The quantitative estimate of drug-likeness (QED) is 0.0153. The molecule has 48 heteroatoms. The lowest BCUT2D eigenvalue weighted by molar-refractivity contribution is -0.145. The maximum absolute atomic E-state index is 14.7. The summed E-state index contributed by atoms with van der Waals surface area (Å²) in [6.45, 7) is 6.53. The maximum atomic E-state index is 14.7. The van der Waals surface area contributed by atoms with Crippen LogP contribution in [0.2, 0.25) is 0 Å². The van der Waals surface area contributed by atoms with Crippen LogP contribution in [0.5, 0.6) is 0 Å². The van der Waals surface area contributed by atoms with Crippen molar-refractivity contribution in [3.63, 3.8) is 0 Å². The Morgan fingerprint density at radius 2 is 0.828 bits per heavy atom. The number of carboxylic acid groups (broad SMARTS) is 2. The number of rotatable bonds is 64. The Hall–Kier alpha value is -11.1. The van der Waals surface area contributed by atoms with Crippen LogP contribution in [0.1, 0.15) is 189 Å². The highest BCUT2D eigenvalue weighted by molar-refractivity contribution is 6.02. The zero-order chi connectivity index (χ0) is 92.5. The number of guanidine groups is 1. The monoisotopic (exact) mass is 1740 g/mol. The molecule has 1 heterocycles. The third kappa shape index (κ3) is 42.4. The number of hydrogen-bond acceptors (Lipinski definition) is 27. The summed E-state index contributed by atoms with van der Waals surface area (Å²) in [6, 6.07) is -22.3. The van der Waals surface area contributed by atoms with E-state index in [9.17, 15) is 112 Å². The first-order valence-electron chi connectivity index (χ1n) is 40.9. The predicted octanol–water partition coefficient (Wildman–Crippen LogP) is -10.6. The second kappa shape index (κ2) is 58.8. The molecule has 1 fully saturated rings. The largest absolute Gasteiger partial charge is 0.481 e. The summed E-state index contributed by atoms with van der Waals surface area (Å²) in [5, 5.41) is 81.7. The number of aliphatic carboxylic acids is 2. The van der Waals surface area contributed by atoms with E-state index in [-0.39, 0.29) is 122 Å². The minimum absolute atomic E-state index is 0.0266. The van der Waals surface area contributed by atoms with E-state index in [2.05, 4.69) is 74.4 Å². The van der Waals surface area contributed by atoms with E-state index >= 15 is 0 Å². The molecule has 1 aliphatic rings. The molecule has 0 radical (unpaired) electrons. The number of primary amides is 3. The first kappa shape index (κ1) is 109. The fraction of sp³-hybridized carbons (Fsp3) is 0.730. The average molecular weight is 1740 g/mol. The van der Waals surface area contributed by atoms with Gasteiger partial charge in [0.15, 0.2) is 12.0 Å². The van der Waals surface area contributed by atoms with Crippen molar-refractivity contribution in [1.82, 2.24) is 79.3 Å². The van der Waals surface area contributed by atoms with Crippen LogP contribution in [-0.2, 0) is 91.1 Å². The molecule has 1 aliphatic heterocycles. The van der Waals surface area contributed by atoms with Crippen LogP contribution in [0.25, 0.3) is 0 Å². The molecule has 0 bridgehead atoms. The molecule has 16 atom stereocenters. The second-order valence-electron chi connectivity index (χ2n) is 30.3. The molecule has 0 unspecified atom stereocenters. The van der Waals surface area contributed by atoms with Gasteiger partial charge < -0.3 is 151 Å². The third-order valence-corrected chi connectivity index (χ3v) is 19.6. The molecule has 17 amide bonds. The number of nitrogens with one attached hydrogen (secondary N) is 15. The molecule has 1 rings (SSSR count). The summed E-state index contributed by atoms with van der Waals surface area (Å²) < 4.78 is 0. The maximum Gasteiger partial charge on any atom is 0.328 e. The van der Waals surface area contributed by atoms with E-state index in [4.69, 9.17) is 57.0 Å². The van der Waals surface area contributed by atoms with E-state index < -0.39 is 267 Å². The van der Waals surface area contributed by atoms with Crippen LogP contribution >= 0.6 is 0 Å². The molecule has 0 aromatic rings. The lowest BCUT2D eigenvalue weighted by atomic mass is 9.96. The van der Waals surface area contributed by atoms with Gasteiger partial charge in [0.05, 0.1) is 38.1 Å². The van der Waals surface area contributed by atoms with E-state index in [1.54, 1.807) is 27.7 Å². The van der Waals surface area contributed by atoms with E-state index in [0.717, 1.165) is 11.8 Å². The molecule has 37 N–H and O–H groups in total. The Balaban J connectivity index is 3.59. The smallest absolute Gasteiger partial charge is 0.328 e. The summed E-state index contributed by atoms with van der Waals surface area (Å²) in [5.74, 6) is -22.1. The summed E-state index contributed by atoms with van der Waals surface area (Å²) in [7, 11) is 0. The number of aliphatic hydroxyl groups is 2. The summed E-state index contributed by atoms with van der Waals surface area (Å²) in [6.07, 6.45) is -3.22. The van der Waals surface area contributed by atoms with Crippen molar-refractivity contribution >= 4 is 118 Å². The van der Waals surface area contributed by atoms with Crippen molar-refractivity contribution in [2.75, 3.05) is 52.4 Å². The molecule has 48 nitrogen and oxygen atoms in total. The van der Waals surface area contributed by atoms with Crippen molar-refractivity contribution in [1.29, 1.82) is 5.41 Å². The van der Waals surface area contributed by atoms with Gasteiger partial charge in [-0.3, -0.25) is 91.7 Å². The molecule has 122 heavy (non-hydrogen) atoms. The zero-order valence-electron chi connectivity index (χ0n) is 70.1. The van der Waals surface area contributed by atoms with Crippen LogP contribution in [0, 0.1) is 17.2 Å².